The Bertz CT molecular complexity index is 375. The summed E-state index contributed by atoms with van der Waals surface area (Å²) in [5, 5.41) is 0. The third-order valence-corrected chi connectivity index (χ3v) is 2.63. The standard InChI is InChI=1S/C12H12F2NO/c13-12(14)10-5-3-9(4-6-10)8-15-7-1-2-11(15)16/h2-6,12H,1,7-8H2. The first-order chi connectivity index (χ1) is 7.66. The molecule has 1 saturated heterocycles. The second-order valence-corrected chi connectivity index (χ2v) is 3.79. The fourth-order valence-corrected chi connectivity index (χ4v) is 1.73. The molecule has 1 amide bonds. The van der Waals surface area contributed by atoms with Gasteiger partial charge in [-0.3, -0.25) is 4.79 Å². The van der Waals surface area contributed by atoms with E-state index in [2.05, 4.69) is 0 Å². The van der Waals surface area contributed by atoms with Crippen LogP contribution in [-0.4, -0.2) is 17.4 Å². The maximum atomic E-state index is 12.3. The molecule has 2 nitrogen and oxygen atoms in total. The normalized spacial score (nSPS) is 16.2. The van der Waals surface area contributed by atoms with E-state index in [1.807, 2.05) is 0 Å². The second-order valence-electron chi connectivity index (χ2n) is 3.79. The van der Waals surface area contributed by atoms with E-state index in [9.17, 15) is 13.6 Å². The third kappa shape index (κ3) is 2.38. The van der Waals surface area contributed by atoms with Gasteiger partial charge in [-0.15, -0.1) is 0 Å². The molecule has 0 bridgehead atoms. The molecule has 2 rings (SSSR count). The van der Waals surface area contributed by atoms with Crippen molar-refractivity contribution in [3.63, 3.8) is 0 Å². The van der Waals surface area contributed by atoms with Gasteiger partial charge in [0, 0.05) is 18.7 Å². The highest BCUT2D eigenvalue weighted by molar-refractivity contribution is 5.86. The molecule has 0 aromatic heterocycles. The van der Waals surface area contributed by atoms with Crippen LogP contribution in [0.5, 0.6) is 0 Å². The van der Waals surface area contributed by atoms with Crippen molar-refractivity contribution in [2.45, 2.75) is 19.4 Å². The molecule has 16 heavy (non-hydrogen) atoms. The molecule has 0 spiro atoms. The SMILES string of the molecule is O=C1[CH]CCN1Cc1ccc(C(F)F)cc1. The summed E-state index contributed by atoms with van der Waals surface area (Å²) in [6, 6.07) is 6.11. The van der Waals surface area contributed by atoms with Gasteiger partial charge < -0.3 is 4.90 Å². The zero-order valence-electron chi connectivity index (χ0n) is 8.70. The number of halogens is 2. The fraction of sp³-hybridized carbons (Fsp3) is 0.333. The van der Waals surface area contributed by atoms with Crippen molar-refractivity contribution in [3.05, 3.63) is 41.8 Å². The average Bonchev–Trinajstić information content (AvgIpc) is 2.65. The maximum Gasteiger partial charge on any atom is 0.263 e. The Morgan fingerprint density at radius 1 is 1.25 bits per heavy atom. The van der Waals surface area contributed by atoms with Crippen LogP contribution >= 0.6 is 0 Å². The predicted octanol–water partition coefficient (Wildman–Crippen LogP) is 2.56. The largest absolute Gasteiger partial charge is 0.338 e. The molecule has 1 fully saturated rings. The second kappa shape index (κ2) is 4.60. The number of amides is 1. The molecule has 1 aliphatic rings. The van der Waals surface area contributed by atoms with Crippen LogP contribution < -0.4 is 0 Å². The summed E-state index contributed by atoms with van der Waals surface area (Å²) >= 11 is 0. The minimum absolute atomic E-state index is 0.0167. The van der Waals surface area contributed by atoms with E-state index in [4.69, 9.17) is 0 Å². The number of hydrogen-bond acceptors (Lipinski definition) is 1. The highest BCUT2D eigenvalue weighted by Crippen LogP contribution is 2.20. The van der Waals surface area contributed by atoms with Gasteiger partial charge in [0.2, 0.25) is 5.91 Å². The zero-order valence-corrected chi connectivity index (χ0v) is 8.70. The summed E-state index contributed by atoms with van der Waals surface area (Å²) in [7, 11) is 0. The monoisotopic (exact) mass is 224 g/mol. The van der Waals surface area contributed by atoms with Crippen molar-refractivity contribution < 1.29 is 13.6 Å². The number of nitrogens with zero attached hydrogens (tertiary/aromatic N) is 1. The summed E-state index contributed by atoms with van der Waals surface area (Å²) in [5.41, 5.74) is 0.899. The fourth-order valence-electron chi connectivity index (χ4n) is 1.73. The van der Waals surface area contributed by atoms with Gasteiger partial charge in [-0.05, 0) is 12.0 Å². The molecule has 1 aromatic rings. The maximum absolute atomic E-state index is 12.3. The predicted molar refractivity (Wildman–Crippen MR) is 55.7 cm³/mol. The molecule has 1 aromatic carbocycles. The number of carbonyl (C=O) groups excluding carboxylic acids is 1. The number of alkyl halides is 2. The van der Waals surface area contributed by atoms with Crippen molar-refractivity contribution in [2.75, 3.05) is 6.54 Å². The van der Waals surface area contributed by atoms with E-state index in [0.717, 1.165) is 18.5 Å². The van der Waals surface area contributed by atoms with Crippen molar-refractivity contribution in [1.82, 2.24) is 4.90 Å². The number of likely N-dealkylation sites (tertiary alicyclic amines) is 1. The average molecular weight is 224 g/mol. The lowest BCUT2D eigenvalue weighted by atomic mass is 10.1. The molecular weight excluding hydrogens is 212 g/mol. The summed E-state index contributed by atoms with van der Waals surface area (Å²) in [4.78, 5) is 13.0. The van der Waals surface area contributed by atoms with E-state index in [-0.39, 0.29) is 11.5 Å². The Hall–Kier alpha value is -1.45. The van der Waals surface area contributed by atoms with Gasteiger partial charge in [0.15, 0.2) is 0 Å². The van der Waals surface area contributed by atoms with Gasteiger partial charge in [0.25, 0.3) is 6.43 Å². The molecule has 0 N–H and O–H groups in total. The Balaban J connectivity index is 2.02. The summed E-state index contributed by atoms with van der Waals surface area (Å²) < 4.78 is 24.6. The molecule has 0 atom stereocenters. The van der Waals surface area contributed by atoms with Gasteiger partial charge in [-0.25, -0.2) is 8.78 Å². The first kappa shape index (κ1) is 11.0. The quantitative estimate of drug-likeness (QED) is 0.772. The van der Waals surface area contributed by atoms with Crippen molar-refractivity contribution in [1.29, 1.82) is 0 Å². The topological polar surface area (TPSA) is 20.3 Å². The van der Waals surface area contributed by atoms with Gasteiger partial charge in [-0.1, -0.05) is 24.3 Å². The number of carbonyl (C=O) groups is 1. The van der Waals surface area contributed by atoms with Crippen LogP contribution in [0.25, 0.3) is 0 Å². The van der Waals surface area contributed by atoms with Crippen LogP contribution in [0.1, 0.15) is 24.0 Å². The zero-order chi connectivity index (χ0) is 11.5. The lowest BCUT2D eigenvalue weighted by Gasteiger charge is -2.15. The number of hydrogen-bond donors (Lipinski definition) is 0. The minimum atomic E-state index is -2.43. The van der Waals surface area contributed by atoms with Crippen LogP contribution in [0.2, 0.25) is 0 Å². The van der Waals surface area contributed by atoms with E-state index in [0.29, 0.717) is 6.54 Å². The first-order valence-corrected chi connectivity index (χ1v) is 5.16. The number of rotatable bonds is 3. The molecule has 0 saturated carbocycles. The van der Waals surface area contributed by atoms with Crippen molar-refractivity contribution in [3.8, 4) is 0 Å². The Morgan fingerprint density at radius 2 is 1.94 bits per heavy atom. The van der Waals surface area contributed by atoms with E-state index in [1.165, 1.54) is 12.1 Å². The third-order valence-electron chi connectivity index (χ3n) is 2.63. The van der Waals surface area contributed by atoms with Crippen LogP contribution in [0.3, 0.4) is 0 Å². The lowest BCUT2D eigenvalue weighted by Crippen LogP contribution is -2.23. The van der Waals surface area contributed by atoms with Gasteiger partial charge in [-0.2, -0.15) is 0 Å². The van der Waals surface area contributed by atoms with Gasteiger partial charge >= 0.3 is 0 Å². The van der Waals surface area contributed by atoms with Crippen LogP contribution in [0, 0.1) is 6.42 Å². The van der Waals surface area contributed by atoms with Crippen molar-refractivity contribution >= 4 is 5.91 Å². The first-order valence-electron chi connectivity index (χ1n) is 5.16. The van der Waals surface area contributed by atoms with E-state index in [1.54, 1.807) is 23.5 Å². The molecule has 85 valence electrons. The smallest absolute Gasteiger partial charge is 0.263 e. The molecule has 0 unspecified atom stereocenters. The van der Waals surface area contributed by atoms with Crippen LogP contribution in [-0.2, 0) is 11.3 Å². The Labute approximate surface area is 92.9 Å². The van der Waals surface area contributed by atoms with E-state index >= 15 is 0 Å². The lowest BCUT2D eigenvalue weighted by molar-refractivity contribution is -0.125. The molecule has 4 heteroatoms. The number of benzene rings is 1. The Morgan fingerprint density at radius 3 is 2.44 bits per heavy atom. The Kier molecular flexibility index (Phi) is 3.17. The molecular formula is C12H12F2NO. The van der Waals surface area contributed by atoms with Crippen molar-refractivity contribution in [2.24, 2.45) is 0 Å². The molecule has 1 heterocycles. The minimum Gasteiger partial charge on any atom is -0.338 e. The summed E-state index contributed by atoms with van der Waals surface area (Å²) in [5.74, 6) is 0.0259. The van der Waals surface area contributed by atoms with Gasteiger partial charge in [0.1, 0.15) is 0 Å². The summed E-state index contributed by atoms with van der Waals surface area (Å²) in [6.45, 7) is 1.22. The van der Waals surface area contributed by atoms with Crippen LogP contribution in [0.15, 0.2) is 24.3 Å². The van der Waals surface area contributed by atoms with Gasteiger partial charge in [0.05, 0.1) is 6.42 Å². The highest BCUT2D eigenvalue weighted by atomic mass is 19.3. The molecule has 1 radical (unpaired) electrons. The van der Waals surface area contributed by atoms with E-state index < -0.39 is 6.43 Å². The van der Waals surface area contributed by atoms with Crippen LogP contribution in [0.4, 0.5) is 8.78 Å². The summed E-state index contributed by atoms with van der Waals surface area (Å²) in [6.07, 6.45) is -0.0163. The molecule has 0 aliphatic carbocycles. The molecule has 1 aliphatic heterocycles. The highest BCUT2D eigenvalue weighted by Gasteiger charge is 2.20.